The highest BCUT2D eigenvalue weighted by atomic mass is 79.9. The number of hydrogen-bond donors (Lipinski definition) is 0. The van der Waals surface area contributed by atoms with Crippen LogP contribution in [0.2, 0.25) is 0 Å². The Morgan fingerprint density at radius 1 is 0.875 bits per heavy atom. The Kier molecular flexibility index (Phi) is 9.32. The first-order valence-corrected chi connectivity index (χ1v) is 17.0. The third kappa shape index (κ3) is 5.87. The Bertz CT molecular complexity index is 1360. The fourth-order valence-corrected chi connectivity index (χ4v) is 11.7. The molecule has 0 unspecified atom stereocenters. The first kappa shape index (κ1) is 28.9. The van der Waals surface area contributed by atoms with Crippen LogP contribution in [0.4, 0.5) is 5.69 Å². The van der Waals surface area contributed by atoms with E-state index >= 15 is 4.57 Å². The zero-order chi connectivity index (χ0) is 28.1. The van der Waals surface area contributed by atoms with Crippen LogP contribution >= 0.6 is 23.1 Å². The van der Waals surface area contributed by atoms with Gasteiger partial charge in [0.2, 0.25) is 0 Å². The van der Waals surface area contributed by atoms with Crippen LogP contribution in [0.15, 0.2) is 65.1 Å². The standard InChI is InChI=1S/C32H37BrNO5P/c1-38-24-20-29(39-22-23-12-5-2-6-13-23)32(31-27(33)18-11-19-28(31)34(35)36)30(21-24)40(37,25-14-7-3-8-15-25)26-16-9-4-10-17-26/h2,5-6,11-13,18-21,25-26H,3-4,7-10,14-17,22H2,1H3. The average molecular weight is 627 g/mol. The molecule has 3 aromatic rings. The minimum atomic E-state index is -3.06. The molecule has 8 heteroatoms. The van der Waals surface area contributed by atoms with Gasteiger partial charge in [-0.15, -0.1) is 0 Å². The van der Waals surface area contributed by atoms with Crippen LogP contribution in [0.3, 0.4) is 0 Å². The first-order chi connectivity index (χ1) is 19.4. The average Bonchev–Trinajstić information content (AvgIpc) is 3.00. The number of benzene rings is 3. The number of nitrogens with zero attached hydrogens (tertiary/aromatic N) is 1. The van der Waals surface area contributed by atoms with E-state index in [-0.39, 0.29) is 28.5 Å². The van der Waals surface area contributed by atoms with Gasteiger partial charge in [-0.05, 0) is 59.3 Å². The van der Waals surface area contributed by atoms with Crippen molar-refractivity contribution in [1.82, 2.24) is 0 Å². The van der Waals surface area contributed by atoms with E-state index in [4.69, 9.17) is 9.47 Å². The lowest BCUT2D eigenvalue weighted by Gasteiger charge is -2.39. The van der Waals surface area contributed by atoms with Crippen LogP contribution in [-0.4, -0.2) is 23.4 Å². The van der Waals surface area contributed by atoms with Gasteiger partial charge in [-0.2, -0.15) is 0 Å². The number of rotatable bonds is 9. The van der Waals surface area contributed by atoms with Gasteiger partial charge in [-0.3, -0.25) is 10.1 Å². The molecule has 0 heterocycles. The molecule has 3 aromatic carbocycles. The second-order valence-corrected chi connectivity index (χ2v) is 15.2. The summed E-state index contributed by atoms with van der Waals surface area (Å²) >= 11 is 3.63. The molecule has 6 nitrogen and oxygen atoms in total. The highest BCUT2D eigenvalue weighted by molar-refractivity contribution is 9.10. The van der Waals surface area contributed by atoms with E-state index in [1.54, 1.807) is 19.2 Å². The lowest BCUT2D eigenvalue weighted by Crippen LogP contribution is -2.31. The summed E-state index contributed by atoms with van der Waals surface area (Å²) in [6.45, 7) is 0.274. The third-order valence-electron chi connectivity index (χ3n) is 8.58. The van der Waals surface area contributed by atoms with Crippen molar-refractivity contribution < 1.29 is 19.0 Å². The molecule has 0 bridgehead atoms. The van der Waals surface area contributed by atoms with Crippen LogP contribution in [0.1, 0.15) is 69.8 Å². The molecular formula is C32H37BrNO5P. The Hall–Kier alpha value is -2.63. The summed E-state index contributed by atoms with van der Waals surface area (Å²) in [6, 6.07) is 18.5. The van der Waals surface area contributed by atoms with E-state index < -0.39 is 7.14 Å². The van der Waals surface area contributed by atoms with Gasteiger partial charge in [-0.1, -0.05) is 74.9 Å². The quantitative estimate of drug-likeness (QED) is 0.134. The smallest absolute Gasteiger partial charge is 0.278 e. The molecule has 2 aliphatic rings. The molecule has 0 amide bonds. The molecule has 0 saturated heterocycles. The van der Waals surface area contributed by atoms with Crippen molar-refractivity contribution in [2.45, 2.75) is 82.1 Å². The Labute approximate surface area is 245 Å². The number of ether oxygens (including phenoxy) is 2. The summed E-state index contributed by atoms with van der Waals surface area (Å²) in [7, 11) is -1.46. The zero-order valence-electron chi connectivity index (χ0n) is 23.0. The van der Waals surface area contributed by atoms with E-state index in [0.717, 1.165) is 69.8 Å². The maximum Gasteiger partial charge on any atom is 0.278 e. The molecule has 0 radical (unpaired) electrons. The summed E-state index contributed by atoms with van der Waals surface area (Å²) in [6.07, 6.45) is 10.2. The van der Waals surface area contributed by atoms with Crippen molar-refractivity contribution in [3.05, 3.63) is 80.8 Å². The predicted molar refractivity (Wildman–Crippen MR) is 165 cm³/mol. The summed E-state index contributed by atoms with van der Waals surface area (Å²) in [5.41, 5.74) is 2.03. The molecule has 212 valence electrons. The molecule has 40 heavy (non-hydrogen) atoms. The number of hydrogen-bond acceptors (Lipinski definition) is 5. The topological polar surface area (TPSA) is 78.7 Å². The van der Waals surface area contributed by atoms with Gasteiger partial charge in [0.05, 0.1) is 17.6 Å². The highest BCUT2D eigenvalue weighted by Gasteiger charge is 2.45. The molecule has 2 fully saturated rings. The summed E-state index contributed by atoms with van der Waals surface area (Å²) in [5, 5.41) is 13.1. The Morgan fingerprint density at radius 3 is 2.08 bits per heavy atom. The Morgan fingerprint density at radius 2 is 1.50 bits per heavy atom. The molecule has 0 N–H and O–H groups in total. The van der Waals surface area contributed by atoms with Gasteiger partial charge >= 0.3 is 0 Å². The molecule has 0 atom stereocenters. The number of halogens is 1. The number of nitro groups is 1. The van der Waals surface area contributed by atoms with Crippen LogP contribution < -0.4 is 14.8 Å². The monoisotopic (exact) mass is 625 g/mol. The second-order valence-electron chi connectivity index (χ2n) is 11.0. The van der Waals surface area contributed by atoms with Crippen LogP contribution in [-0.2, 0) is 11.2 Å². The largest absolute Gasteiger partial charge is 0.497 e. The number of methoxy groups -OCH3 is 1. The van der Waals surface area contributed by atoms with Gasteiger partial charge in [0.1, 0.15) is 25.2 Å². The normalized spacial score (nSPS) is 16.9. The zero-order valence-corrected chi connectivity index (χ0v) is 25.5. The maximum atomic E-state index is 15.9. The summed E-state index contributed by atoms with van der Waals surface area (Å²) < 4.78 is 28.7. The number of nitro benzene ring substituents is 1. The molecule has 2 saturated carbocycles. The van der Waals surface area contributed by atoms with E-state index in [2.05, 4.69) is 15.9 Å². The van der Waals surface area contributed by atoms with E-state index in [9.17, 15) is 10.1 Å². The fourth-order valence-electron chi connectivity index (χ4n) is 6.60. The third-order valence-corrected chi connectivity index (χ3v) is 13.5. The van der Waals surface area contributed by atoms with Gasteiger partial charge in [0.15, 0.2) is 0 Å². The van der Waals surface area contributed by atoms with Crippen molar-refractivity contribution in [3.63, 3.8) is 0 Å². The van der Waals surface area contributed by atoms with E-state index in [0.29, 0.717) is 32.4 Å². The minimum Gasteiger partial charge on any atom is -0.497 e. The van der Waals surface area contributed by atoms with Crippen molar-refractivity contribution in [2.75, 3.05) is 7.11 Å². The van der Waals surface area contributed by atoms with Crippen molar-refractivity contribution in [2.24, 2.45) is 0 Å². The minimum absolute atomic E-state index is 0.0378. The first-order valence-electron chi connectivity index (χ1n) is 14.4. The lowest BCUT2D eigenvalue weighted by atomic mass is 9.99. The van der Waals surface area contributed by atoms with Gasteiger partial charge < -0.3 is 14.0 Å². The lowest BCUT2D eigenvalue weighted by molar-refractivity contribution is -0.384. The summed E-state index contributed by atoms with van der Waals surface area (Å²) in [5.74, 6) is 1.02. The fraction of sp³-hybridized carbons (Fsp3) is 0.438. The Balaban J connectivity index is 1.79. The van der Waals surface area contributed by atoms with E-state index in [1.165, 1.54) is 6.07 Å². The van der Waals surface area contributed by atoms with Crippen LogP contribution in [0.5, 0.6) is 11.5 Å². The van der Waals surface area contributed by atoms with E-state index in [1.807, 2.05) is 42.5 Å². The molecule has 2 aliphatic carbocycles. The summed E-state index contributed by atoms with van der Waals surface area (Å²) in [4.78, 5) is 12.0. The van der Waals surface area contributed by atoms with Crippen molar-refractivity contribution in [1.29, 1.82) is 0 Å². The molecular weight excluding hydrogens is 589 g/mol. The van der Waals surface area contributed by atoms with Crippen LogP contribution in [0, 0.1) is 10.1 Å². The maximum absolute atomic E-state index is 15.9. The predicted octanol–water partition coefficient (Wildman–Crippen LogP) is 9.27. The van der Waals surface area contributed by atoms with Crippen molar-refractivity contribution >= 4 is 34.1 Å². The van der Waals surface area contributed by atoms with Gasteiger partial charge in [0, 0.05) is 38.8 Å². The SMILES string of the molecule is COc1cc(OCc2ccccc2)c(-c2c(Br)cccc2[N+](=O)[O-])c(P(=O)(C2CCCCC2)C2CCCCC2)c1. The highest BCUT2D eigenvalue weighted by Crippen LogP contribution is 2.64. The van der Waals surface area contributed by atoms with Crippen molar-refractivity contribution in [3.8, 4) is 22.6 Å². The molecule has 0 aliphatic heterocycles. The van der Waals surface area contributed by atoms with Gasteiger partial charge in [0.25, 0.3) is 5.69 Å². The molecule has 0 aromatic heterocycles. The molecule has 5 rings (SSSR count). The van der Waals surface area contributed by atoms with Gasteiger partial charge in [-0.25, -0.2) is 0 Å². The second kappa shape index (κ2) is 12.9. The molecule has 0 spiro atoms. The van der Waals surface area contributed by atoms with Crippen LogP contribution in [0.25, 0.3) is 11.1 Å².